The molecule has 20 heavy (non-hydrogen) atoms. The third-order valence-electron chi connectivity index (χ3n) is 2.84. The monoisotopic (exact) mass is 287 g/mol. The Morgan fingerprint density at radius 3 is 2.70 bits per heavy atom. The minimum atomic E-state index is -0.724. The standard InChI is InChI=1S/C15H23F2NO2/c1-11(2)4-3-7-20-10-13(19)9-18-15-6-5-12(16)8-14(15)17/h5-6,8,11,13,18-19H,3-4,7,9-10H2,1-2H3. The fourth-order valence-electron chi connectivity index (χ4n) is 1.73. The summed E-state index contributed by atoms with van der Waals surface area (Å²) >= 11 is 0. The Morgan fingerprint density at radius 2 is 2.05 bits per heavy atom. The summed E-state index contributed by atoms with van der Waals surface area (Å²) < 4.78 is 31.4. The predicted octanol–water partition coefficient (Wildman–Crippen LogP) is 3.19. The smallest absolute Gasteiger partial charge is 0.149 e. The predicted molar refractivity (Wildman–Crippen MR) is 75.7 cm³/mol. The van der Waals surface area contributed by atoms with Gasteiger partial charge in [-0.05, 0) is 30.9 Å². The van der Waals surface area contributed by atoms with Gasteiger partial charge in [0.05, 0.1) is 18.4 Å². The number of nitrogens with one attached hydrogen (secondary N) is 1. The second-order valence-corrected chi connectivity index (χ2v) is 5.27. The Balaban J connectivity index is 2.18. The van der Waals surface area contributed by atoms with Crippen molar-refractivity contribution < 1.29 is 18.6 Å². The zero-order valence-electron chi connectivity index (χ0n) is 12.0. The van der Waals surface area contributed by atoms with E-state index in [1.165, 1.54) is 12.1 Å². The van der Waals surface area contributed by atoms with Gasteiger partial charge in [-0.2, -0.15) is 0 Å². The topological polar surface area (TPSA) is 41.5 Å². The number of hydrogen-bond donors (Lipinski definition) is 2. The van der Waals surface area contributed by atoms with Crippen molar-refractivity contribution in [2.24, 2.45) is 5.92 Å². The summed E-state index contributed by atoms with van der Waals surface area (Å²) in [6.07, 6.45) is 1.33. The van der Waals surface area contributed by atoms with E-state index in [4.69, 9.17) is 4.74 Å². The van der Waals surface area contributed by atoms with Crippen molar-refractivity contribution in [3.8, 4) is 0 Å². The molecule has 5 heteroatoms. The Labute approximate surface area is 119 Å². The zero-order valence-corrected chi connectivity index (χ0v) is 12.0. The summed E-state index contributed by atoms with van der Waals surface area (Å²) in [4.78, 5) is 0. The lowest BCUT2D eigenvalue weighted by Crippen LogP contribution is -2.25. The van der Waals surface area contributed by atoms with Gasteiger partial charge in [-0.3, -0.25) is 0 Å². The molecule has 0 saturated carbocycles. The molecule has 1 aromatic rings. The summed E-state index contributed by atoms with van der Waals surface area (Å²) in [5.74, 6) is -0.649. The number of hydrogen-bond acceptors (Lipinski definition) is 3. The van der Waals surface area contributed by atoms with Crippen LogP contribution in [0.3, 0.4) is 0 Å². The van der Waals surface area contributed by atoms with E-state index in [1.54, 1.807) is 0 Å². The molecule has 1 atom stereocenters. The van der Waals surface area contributed by atoms with Crippen LogP contribution in [0.1, 0.15) is 26.7 Å². The maximum atomic E-state index is 13.3. The molecule has 0 amide bonds. The van der Waals surface area contributed by atoms with Crippen LogP contribution in [0.2, 0.25) is 0 Å². The quantitative estimate of drug-likeness (QED) is 0.685. The maximum absolute atomic E-state index is 13.3. The van der Waals surface area contributed by atoms with Crippen LogP contribution in [-0.4, -0.2) is 31.0 Å². The van der Waals surface area contributed by atoms with Crippen molar-refractivity contribution in [1.82, 2.24) is 0 Å². The van der Waals surface area contributed by atoms with Gasteiger partial charge < -0.3 is 15.2 Å². The molecule has 0 spiro atoms. The van der Waals surface area contributed by atoms with E-state index in [2.05, 4.69) is 19.2 Å². The van der Waals surface area contributed by atoms with E-state index < -0.39 is 17.7 Å². The maximum Gasteiger partial charge on any atom is 0.149 e. The molecule has 0 aromatic heterocycles. The van der Waals surface area contributed by atoms with Crippen molar-refractivity contribution in [3.05, 3.63) is 29.8 Å². The van der Waals surface area contributed by atoms with Gasteiger partial charge in [0.2, 0.25) is 0 Å². The van der Waals surface area contributed by atoms with Crippen LogP contribution >= 0.6 is 0 Å². The van der Waals surface area contributed by atoms with Crippen molar-refractivity contribution in [3.63, 3.8) is 0 Å². The normalized spacial score (nSPS) is 12.7. The molecule has 114 valence electrons. The lowest BCUT2D eigenvalue weighted by molar-refractivity contribution is 0.0409. The van der Waals surface area contributed by atoms with Crippen molar-refractivity contribution in [1.29, 1.82) is 0 Å². The number of benzene rings is 1. The average molecular weight is 287 g/mol. The van der Waals surface area contributed by atoms with E-state index in [1.807, 2.05) is 0 Å². The number of halogens is 2. The molecular formula is C15H23F2NO2. The molecule has 1 rings (SSSR count). The molecular weight excluding hydrogens is 264 g/mol. The molecule has 2 N–H and O–H groups in total. The van der Waals surface area contributed by atoms with E-state index in [-0.39, 0.29) is 18.8 Å². The Bertz CT molecular complexity index is 399. The van der Waals surface area contributed by atoms with Crippen LogP contribution in [-0.2, 0) is 4.74 Å². The average Bonchev–Trinajstić information content (AvgIpc) is 2.37. The number of aliphatic hydroxyl groups is 1. The molecule has 1 unspecified atom stereocenters. The Morgan fingerprint density at radius 1 is 1.30 bits per heavy atom. The highest BCUT2D eigenvalue weighted by Crippen LogP contribution is 2.14. The van der Waals surface area contributed by atoms with Crippen molar-refractivity contribution >= 4 is 5.69 Å². The molecule has 1 aromatic carbocycles. The van der Waals surface area contributed by atoms with Gasteiger partial charge in [0.1, 0.15) is 11.6 Å². The van der Waals surface area contributed by atoms with Crippen LogP contribution in [0.4, 0.5) is 14.5 Å². The minimum Gasteiger partial charge on any atom is -0.389 e. The van der Waals surface area contributed by atoms with Gasteiger partial charge in [-0.1, -0.05) is 13.8 Å². The Hall–Kier alpha value is -1.20. The SMILES string of the molecule is CC(C)CCCOCC(O)CNc1ccc(F)cc1F. The summed E-state index contributed by atoms with van der Waals surface area (Å²) in [5, 5.41) is 12.4. The number of anilines is 1. The fraction of sp³-hybridized carbons (Fsp3) is 0.600. The van der Waals surface area contributed by atoms with Crippen molar-refractivity contribution in [2.45, 2.75) is 32.8 Å². The molecule has 0 heterocycles. The molecule has 0 fully saturated rings. The largest absolute Gasteiger partial charge is 0.389 e. The van der Waals surface area contributed by atoms with Crippen LogP contribution in [0, 0.1) is 17.6 Å². The van der Waals surface area contributed by atoms with E-state index in [0.717, 1.165) is 18.9 Å². The first kappa shape index (κ1) is 16.9. The highest BCUT2D eigenvalue weighted by molar-refractivity contribution is 5.44. The first-order chi connectivity index (χ1) is 9.49. The second kappa shape index (κ2) is 8.87. The van der Waals surface area contributed by atoms with Gasteiger partial charge in [0.15, 0.2) is 0 Å². The third kappa shape index (κ3) is 6.82. The highest BCUT2D eigenvalue weighted by Gasteiger charge is 2.07. The summed E-state index contributed by atoms with van der Waals surface area (Å²) in [5.41, 5.74) is 0.172. The van der Waals surface area contributed by atoms with Gasteiger partial charge >= 0.3 is 0 Å². The van der Waals surface area contributed by atoms with E-state index in [9.17, 15) is 13.9 Å². The van der Waals surface area contributed by atoms with Crippen LogP contribution < -0.4 is 5.32 Å². The fourth-order valence-corrected chi connectivity index (χ4v) is 1.73. The molecule has 0 radical (unpaired) electrons. The minimum absolute atomic E-state index is 0.159. The lowest BCUT2D eigenvalue weighted by atomic mass is 10.1. The summed E-state index contributed by atoms with van der Waals surface area (Å²) in [7, 11) is 0. The second-order valence-electron chi connectivity index (χ2n) is 5.27. The first-order valence-electron chi connectivity index (χ1n) is 6.93. The van der Waals surface area contributed by atoms with Crippen LogP contribution in [0.5, 0.6) is 0 Å². The molecule has 0 saturated heterocycles. The molecule has 0 aliphatic carbocycles. The first-order valence-corrected chi connectivity index (χ1v) is 6.93. The van der Waals surface area contributed by atoms with Gasteiger partial charge in [0.25, 0.3) is 0 Å². The number of rotatable bonds is 9. The van der Waals surface area contributed by atoms with Gasteiger partial charge in [-0.25, -0.2) is 8.78 Å². The van der Waals surface area contributed by atoms with Crippen molar-refractivity contribution in [2.75, 3.05) is 25.1 Å². The molecule has 0 aliphatic heterocycles. The lowest BCUT2D eigenvalue weighted by Gasteiger charge is -2.14. The van der Waals surface area contributed by atoms with Gasteiger partial charge in [0, 0.05) is 19.2 Å². The van der Waals surface area contributed by atoms with Gasteiger partial charge in [-0.15, -0.1) is 0 Å². The van der Waals surface area contributed by atoms with E-state index in [0.29, 0.717) is 12.5 Å². The molecule has 3 nitrogen and oxygen atoms in total. The van der Waals surface area contributed by atoms with Crippen LogP contribution in [0.15, 0.2) is 18.2 Å². The third-order valence-corrected chi connectivity index (χ3v) is 2.84. The number of aliphatic hydroxyl groups excluding tert-OH is 1. The highest BCUT2D eigenvalue weighted by atomic mass is 19.1. The van der Waals surface area contributed by atoms with Crippen LogP contribution in [0.25, 0.3) is 0 Å². The summed E-state index contributed by atoms with van der Waals surface area (Å²) in [6, 6.07) is 3.28. The zero-order chi connectivity index (χ0) is 15.0. The van der Waals surface area contributed by atoms with E-state index >= 15 is 0 Å². The molecule has 0 bridgehead atoms. The number of ether oxygens (including phenoxy) is 1. The molecule has 0 aliphatic rings. The summed E-state index contributed by atoms with van der Waals surface area (Å²) in [6.45, 7) is 5.27. The Kier molecular flexibility index (Phi) is 7.47.